The van der Waals surface area contributed by atoms with Crippen LogP contribution in [-0.4, -0.2) is 82.3 Å². The zero-order chi connectivity index (χ0) is 63.3. The lowest BCUT2D eigenvalue weighted by Gasteiger charge is -2.26. The molecule has 0 heterocycles. The summed E-state index contributed by atoms with van der Waals surface area (Å²) in [4.78, 5) is 37.5. The summed E-state index contributed by atoms with van der Waals surface area (Å²) in [6.07, 6.45) is 90.7. The van der Waals surface area contributed by atoms with E-state index in [1.165, 1.54) is 193 Å². The summed E-state index contributed by atoms with van der Waals surface area (Å²) >= 11 is 0. The third-order valence-corrected chi connectivity index (χ3v) is 15.8. The Kier molecular flexibility index (Phi) is 65.2. The molecule has 502 valence electrons. The van der Waals surface area contributed by atoms with Gasteiger partial charge in [0.15, 0.2) is 12.4 Å². The Balaban J connectivity index is 4.12. The smallest absolute Gasteiger partial charge is 0.306 e. The number of nitrogens with zero attached hydrogens (tertiary/aromatic N) is 1. The number of unbranched alkanes of at least 4 members (excludes halogenated alkanes) is 36. The van der Waals surface area contributed by atoms with Gasteiger partial charge in [0.2, 0.25) is 0 Å². The lowest BCUT2D eigenvalue weighted by molar-refractivity contribution is -0.870. The highest BCUT2D eigenvalue weighted by Gasteiger charge is 2.22. The second kappa shape index (κ2) is 68.1. The summed E-state index contributed by atoms with van der Waals surface area (Å²) in [7, 11) is 5.93. The maximum Gasteiger partial charge on any atom is 0.306 e. The van der Waals surface area contributed by atoms with Crippen molar-refractivity contribution >= 4 is 17.9 Å². The van der Waals surface area contributed by atoms with Crippen LogP contribution in [0, 0.1) is 0 Å². The number of aliphatic carboxylic acids is 1. The van der Waals surface area contributed by atoms with Crippen molar-refractivity contribution in [3.8, 4) is 0 Å². The van der Waals surface area contributed by atoms with Crippen LogP contribution in [0.4, 0.5) is 0 Å². The van der Waals surface area contributed by atoms with Crippen LogP contribution in [-0.2, 0) is 33.3 Å². The lowest BCUT2D eigenvalue weighted by atomic mass is 10.0. The first-order valence-corrected chi connectivity index (χ1v) is 36.4. The van der Waals surface area contributed by atoms with Crippen molar-refractivity contribution in [1.29, 1.82) is 0 Å². The highest BCUT2D eigenvalue weighted by molar-refractivity contribution is 5.70. The number of carboxylic acid groups (broad SMARTS) is 1. The monoisotopic (exact) mass is 1220 g/mol. The van der Waals surface area contributed by atoms with E-state index in [0.29, 0.717) is 23.9 Å². The van der Waals surface area contributed by atoms with Crippen LogP contribution >= 0.6 is 0 Å². The van der Waals surface area contributed by atoms with Gasteiger partial charge in [0.1, 0.15) is 13.2 Å². The van der Waals surface area contributed by atoms with Gasteiger partial charge in [-0.3, -0.25) is 9.59 Å². The number of ether oxygens (including phenoxy) is 4. The van der Waals surface area contributed by atoms with Crippen LogP contribution in [0.1, 0.15) is 322 Å². The fourth-order valence-corrected chi connectivity index (χ4v) is 10.3. The van der Waals surface area contributed by atoms with E-state index in [2.05, 4.69) is 111 Å². The summed E-state index contributed by atoms with van der Waals surface area (Å²) in [6.45, 7) is 4.67. The third kappa shape index (κ3) is 69.5. The number of carbonyl (C=O) groups is 3. The third-order valence-electron chi connectivity index (χ3n) is 15.8. The van der Waals surface area contributed by atoms with E-state index in [1.54, 1.807) is 0 Å². The van der Waals surface area contributed by atoms with E-state index in [-0.39, 0.29) is 32.2 Å². The van der Waals surface area contributed by atoms with Crippen molar-refractivity contribution in [3.63, 3.8) is 0 Å². The number of carboxylic acids is 1. The maximum absolute atomic E-state index is 12.9. The molecule has 0 aliphatic rings. The second-order valence-electron chi connectivity index (χ2n) is 25.5. The van der Waals surface area contributed by atoms with Crippen molar-refractivity contribution in [1.82, 2.24) is 0 Å². The standard InChI is InChI=1S/C78H137NO8/c1-6-8-10-12-14-16-18-20-22-24-26-28-30-32-34-35-36-37-38-39-40-41-43-45-47-49-51-53-55-57-59-61-63-65-67-69-76(81)87-74(73-86-78(77(82)83)84-71-70-79(3,4)5)72-85-75(80)68-66-64-62-60-58-56-54-52-50-48-46-44-42-33-31-29-27-25-23-21-19-17-15-13-11-9-7-2/h8,10,14,16,20,22,26,28,32,34,36-37,39-40,43,45,74,78H,6-7,9,11-13,15,17-19,21,23-25,27,29-31,33,35,38,41-42,44,46-73H2,1-5H3/b10-8-,16-14-,22-20-,28-26-,34-32-,37-36-,40-39-,45-43-. The minimum absolute atomic E-state index is 0.145. The first kappa shape index (κ1) is 83.2. The topological polar surface area (TPSA) is 111 Å². The van der Waals surface area contributed by atoms with Gasteiger partial charge in [0.25, 0.3) is 0 Å². The maximum atomic E-state index is 12.9. The van der Waals surface area contributed by atoms with Gasteiger partial charge in [-0.05, 0) is 77.0 Å². The average molecular weight is 1220 g/mol. The van der Waals surface area contributed by atoms with E-state index >= 15 is 0 Å². The zero-order valence-corrected chi connectivity index (χ0v) is 57.4. The van der Waals surface area contributed by atoms with E-state index in [0.717, 1.165) is 96.3 Å². The van der Waals surface area contributed by atoms with Gasteiger partial charge in [-0.15, -0.1) is 0 Å². The van der Waals surface area contributed by atoms with E-state index in [1.807, 2.05) is 21.1 Å². The summed E-state index contributed by atoms with van der Waals surface area (Å²) in [5.74, 6) is -2.28. The number of rotatable bonds is 67. The molecule has 0 aromatic rings. The van der Waals surface area contributed by atoms with Gasteiger partial charge in [-0.1, -0.05) is 329 Å². The summed E-state index contributed by atoms with van der Waals surface area (Å²) < 4.78 is 22.8. The Hall–Kier alpha value is -3.79. The van der Waals surface area contributed by atoms with Gasteiger partial charge >= 0.3 is 11.9 Å². The van der Waals surface area contributed by atoms with E-state index in [4.69, 9.17) is 18.9 Å². The lowest BCUT2D eigenvalue weighted by Crippen LogP contribution is -2.44. The van der Waals surface area contributed by atoms with Crippen LogP contribution in [0.5, 0.6) is 0 Å². The van der Waals surface area contributed by atoms with Gasteiger partial charge in [-0.2, -0.15) is 0 Å². The highest BCUT2D eigenvalue weighted by Crippen LogP contribution is 2.18. The summed E-state index contributed by atoms with van der Waals surface area (Å²) in [5.41, 5.74) is 0. The first-order chi connectivity index (χ1) is 42.6. The molecule has 0 radical (unpaired) electrons. The molecule has 0 saturated carbocycles. The molecule has 9 nitrogen and oxygen atoms in total. The molecule has 0 aromatic heterocycles. The Morgan fingerprint density at radius 3 is 0.977 bits per heavy atom. The Bertz CT molecular complexity index is 1750. The number of carbonyl (C=O) groups excluding carboxylic acids is 3. The largest absolute Gasteiger partial charge is 0.545 e. The van der Waals surface area contributed by atoms with Crippen molar-refractivity contribution in [2.24, 2.45) is 0 Å². The molecule has 0 bridgehead atoms. The Morgan fingerprint density at radius 2 is 0.655 bits per heavy atom. The molecule has 87 heavy (non-hydrogen) atoms. The molecule has 0 aliphatic heterocycles. The predicted octanol–water partition coefficient (Wildman–Crippen LogP) is 21.5. The summed E-state index contributed by atoms with van der Waals surface area (Å²) in [5, 5.41) is 11.8. The Morgan fingerprint density at radius 1 is 0.356 bits per heavy atom. The average Bonchev–Trinajstić information content (AvgIpc) is 3.56. The van der Waals surface area contributed by atoms with Crippen molar-refractivity contribution < 1.29 is 42.9 Å². The SMILES string of the molecule is CC/C=C\C/C=C\C/C=C\C/C=C\C/C=C\C/C=C\C/C=C\C/C=C\CCCCCCCCCCCCC(=O)OC(COC(=O)CCCCCCCCCCCCCCCCCCCCCCCCCCCCC)COC(OCC[N+](C)(C)C)C(=O)[O-]. The molecule has 0 aromatic carbocycles. The number of hydrogen-bond donors (Lipinski definition) is 0. The minimum atomic E-state index is -1.63. The number of hydrogen-bond acceptors (Lipinski definition) is 8. The van der Waals surface area contributed by atoms with Gasteiger partial charge in [0, 0.05) is 12.8 Å². The van der Waals surface area contributed by atoms with Crippen molar-refractivity contribution in [3.05, 3.63) is 97.2 Å². The van der Waals surface area contributed by atoms with Crippen molar-refractivity contribution in [2.45, 2.75) is 334 Å². The molecule has 0 aliphatic carbocycles. The molecular weight excluding hydrogens is 1080 g/mol. The van der Waals surface area contributed by atoms with Crippen molar-refractivity contribution in [2.75, 3.05) is 47.5 Å². The second-order valence-corrected chi connectivity index (χ2v) is 25.5. The van der Waals surface area contributed by atoms with Crippen LogP contribution in [0.25, 0.3) is 0 Å². The molecule has 0 saturated heterocycles. The van der Waals surface area contributed by atoms with E-state index < -0.39 is 24.3 Å². The minimum Gasteiger partial charge on any atom is -0.545 e. The summed E-state index contributed by atoms with van der Waals surface area (Å²) in [6, 6.07) is 0. The van der Waals surface area contributed by atoms with Crippen LogP contribution in [0.15, 0.2) is 97.2 Å². The number of esters is 2. The fraction of sp³-hybridized carbons (Fsp3) is 0.756. The molecule has 2 atom stereocenters. The fourth-order valence-electron chi connectivity index (χ4n) is 10.3. The normalized spacial score (nSPS) is 13.3. The van der Waals surface area contributed by atoms with Gasteiger partial charge < -0.3 is 33.3 Å². The molecule has 9 heteroatoms. The quantitative estimate of drug-likeness (QED) is 0.0195. The van der Waals surface area contributed by atoms with Crippen LogP contribution < -0.4 is 5.11 Å². The van der Waals surface area contributed by atoms with Crippen LogP contribution in [0.3, 0.4) is 0 Å². The molecule has 0 rings (SSSR count). The molecular formula is C78H137NO8. The highest BCUT2D eigenvalue weighted by atomic mass is 16.7. The molecule has 0 N–H and O–H groups in total. The first-order valence-electron chi connectivity index (χ1n) is 36.4. The Labute approximate surface area is 537 Å². The molecule has 0 spiro atoms. The van der Waals surface area contributed by atoms with Crippen LogP contribution in [0.2, 0.25) is 0 Å². The number of likely N-dealkylation sites (N-methyl/N-ethyl adjacent to an activating group) is 1. The molecule has 2 unspecified atom stereocenters. The molecule has 0 fully saturated rings. The zero-order valence-electron chi connectivity index (χ0n) is 57.4. The number of quaternary nitrogens is 1. The predicted molar refractivity (Wildman–Crippen MR) is 371 cm³/mol. The molecule has 0 amide bonds. The number of allylic oxidation sites excluding steroid dienone is 16. The van der Waals surface area contributed by atoms with Gasteiger partial charge in [-0.25, -0.2) is 0 Å². The van der Waals surface area contributed by atoms with Gasteiger partial charge in [0.05, 0.1) is 40.3 Å². The van der Waals surface area contributed by atoms with E-state index in [9.17, 15) is 19.5 Å².